The smallest absolute Gasteiger partial charge is 0.286 e. The second kappa shape index (κ2) is 4.68. The number of nitrogens with zero attached hydrogens (tertiary/aromatic N) is 2. The molecule has 1 aromatic heterocycles. The van der Waals surface area contributed by atoms with Gasteiger partial charge in [-0.15, -0.1) is 10.2 Å². The Balaban J connectivity index is 2.18. The van der Waals surface area contributed by atoms with E-state index < -0.39 is 0 Å². The van der Waals surface area contributed by atoms with Crippen molar-refractivity contribution in [2.24, 2.45) is 0 Å². The van der Waals surface area contributed by atoms with Gasteiger partial charge in [0, 0.05) is 10.7 Å². The molecule has 2 aromatic rings. The fourth-order valence-electron chi connectivity index (χ4n) is 1.27. The molecule has 5 nitrogen and oxygen atoms in total. The lowest BCUT2D eigenvalue weighted by molar-refractivity contribution is 0.102. The van der Waals surface area contributed by atoms with E-state index in [0.29, 0.717) is 10.7 Å². The van der Waals surface area contributed by atoms with Gasteiger partial charge in [0.05, 0.1) is 0 Å². The molecule has 0 atom stereocenters. The van der Waals surface area contributed by atoms with Crippen molar-refractivity contribution >= 4 is 39.7 Å². The quantitative estimate of drug-likeness (QED) is 0.876. The van der Waals surface area contributed by atoms with Crippen LogP contribution in [0.4, 0.5) is 10.8 Å². The predicted octanol–water partition coefficient (Wildman–Crippen LogP) is 2.33. The van der Waals surface area contributed by atoms with Crippen molar-refractivity contribution in [1.29, 1.82) is 0 Å². The van der Waals surface area contributed by atoms with Crippen LogP contribution < -0.4 is 11.1 Å². The van der Waals surface area contributed by atoms with Crippen LogP contribution in [0.5, 0.6) is 0 Å². The summed E-state index contributed by atoms with van der Waals surface area (Å²) in [6.07, 6.45) is 0. The first kappa shape index (κ1) is 11.8. The number of nitrogens with one attached hydrogen (secondary N) is 1. The molecule has 0 bridgehead atoms. The molecular formula is C10H9ClN4OS. The van der Waals surface area contributed by atoms with Crippen LogP contribution in [0.1, 0.15) is 15.4 Å². The Bertz CT molecular complexity index is 569. The summed E-state index contributed by atoms with van der Waals surface area (Å²) >= 11 is 6.87. The summed E-state index contributed by atoms with van der Waals surface area (Å²) in [5.41, 5.74) is 6.97. The van der Waals surface area contributed by atoms with Crippen molar-refractivity contribution in [1.82, 2.24) is 10.2 Å². The van der Waals surface area contributed by atoms with Crippen LogP contribution in [-0.4, -0.2) is 16.1 Å². The molecule has 3 N–H and O–H groups in total. The number of aromatic nitrogens is 2. The lowest BCUT2D eigenvalue weighted by Crippen LogP contribution is -2.12. The summed E-state index contributed by atoms with van der Waals surface area (Å²) in [4.78, 5) is 11.8. The summed E-state index contributed by atoms with van der Waals surface area (Å²) in [5, 5.41) is 11.1. The zero-order valence-electron chi connectivity index (χ0n) is 8.90. The number of halogens is 1. The number of benzene rings is 1. The molecule has 1 aromatic carbocycles. The number of rotatable bonds is 2. The molecule has 17 heavy (non-hydrogen) atoms. The van der Waals surface area contributed by atoms with Gasteiger partial charge >= 0.3 is 0 Å². The van der Waals surface area contributed by atoms with E-state index in [1.807, 2.05) is 6.92 Å². The van der Waals surface area contributed by atoms with E-state index >= 15 is 0 Å². The molecule has 88 valence electrons. The SMILES string of the molecule is Cc1cc(Cl)ccc1NC(=O)c1nnc(N)s1. The van der Waals surface area contributed by atoms with E-state index in [9.17, 15) is 4.79 Å². The molecule has 7 heteroatoms. The Hall–Kier alpha value is -1.66. The Morgan fingerprint density at radius 3 is 2.82 bits per heavy atom. The topological polar surface area (TPSA) is 80.9 Å². The number of hydrogen-bond donors (Lipinski definition) is 2. The van der Waals surface area contributed by atoms with Crippen molar-refractivity contribution in [3.63, 3.8) is 0 Å². The van der Waals surface area contributed by atoms with Crippen LogP contribution in [0, 0.1) is 6.92 Å². The van der Waals surface area contributed by atoms with Crippen LogP contribution in [0.15, 0.2) is 18.2 Å². The standard InChI is InChI=1S/C10H9ClN4OS/c1-5-4-6(11)2-3-7(5)13-8(16)9-14-15-10(12)17-9/h2-4H,1H3,(H2,12,15)(H,13,16). The summed E-state index contributed by atoms with van der Waals surface area (Å²) in [5.74, 6) is -0.329. The van der Waals surface area contributed by atoms with E-state index in [0.717, 1.165) is 16.9 Å². The van der Waals surface area contributed by atoms with Gasteiger partial charge in [-0.3, -0.25) is 4.79 Å². The van der Waals surface area contributed by atoms with Gasteiger partial charge in [0.15, 0.2) is 0 Å². The van der Waals surface area contributed by atoms with Gasteiger partial charge < -0.3 is 11.1 Å². The number of carbonyl (C=O) groups is 1. The fourth-order valence-corrected chi connectivity index (χ4v) is 2.00. The third kappa shape index (κ3) is 2.72. The zero-order valence-corrected chi connectivity index (χ0v) is 10.5. The highest BCUT2D eigenvalue weighted by Crippen LogP contribution is 2.21. The van der Waals surface area contributed by atoms with Gasteiger partial charge in [0.25, 0.3) is 5.91 Å². The monoisotopic (exact) mass is 268 g/mol. The lowest BCUT2D eigenvalue weighted by atomic mass is 10.2. The molecule has 0 radical (unpaired) electrons. The molecule has 1 heterocycles. The summed E-state index contributed by atoms with van der Waals surface area (Å²) < 4.78 is 0. The van der Waals surface area contributed by atoms with Gasteiger partial charge in [-0.2, -0.15) is 0 Å². The third-order valence-corrected chi connectivity index (χ3v) is 3.06. The molecule has 0 aliphatic rings. The van der Waals surface area contributed by atoms with Crippen molar-refractivity contribution in [3.8, 4) is 0 Å². The molecule has 0 spiro atoms. The van der Waals surface area contributed by atoms with E-state index in [1.165, 1.54) is 0 Å². The summed E-state index contributed by atoms with van der Waals surface area (Å²) in [6, 6.07) is 5.21. The molecule has 0 saturated carbocycles. The Morgan fingerprint density at radius 2 is 2.24 bits per heavy atom. The van der Waals surface area contributed by atoms with Gasteiger partial charge in [0.1, 0.15) is 0 Å². The second-order valence-electron chi connectivity index (χ2n) is 3.36. The first-order valence-corrected chi connectivity index (χ1v) is 5.92. The zero-order chi connectivity index (χ0) is 12.4. The normalized spacial score (nSPS) is 10.2. The van der Waals surface area contributed by atoms with E-state index in [4.69, 9.17) is 17.3 Å². The van der Waals surface area contributed by atoms with Crippen molar-refractivity contribution in [2.75, 3.05) is 11.1 Å². The maximum Gasteiger partial charge on any atom is 0.286 e. The van der Waals surface area contributed by atoms with Crippen molar-refractivity contribution in [2.45, 2.75) is 6.92 Å². The predicted molar refractivity (Wildman–Crippen MR) is 68.5 cm³/mol. The van der Waals surface area contributed by atoms with E-state index in [-0.39, 0.29) is 16.0 Å². The average Bonchev–Trinajstić information content (AvgIpc) is 2.69. The van der Waals surface area contributed by atoms with Gasteiger partial charge in [-0.25, -0.2) is 0 Å². The first-order valence-electron chi connectivity index (χ1n) is 4.73. The Labute approximate surface area is 107 Å². The van der Waals surface area contributed by atoms with E-state index in [1.54, 1.807) is 18.2 Å². The number of aryl methyl sites for hydroxylation is 1. The number of hydrogen-bond acceptors (Lipinski definition) is 5. The van der Waals surface area contributed by atoms with Crippen LogP contribution in [0.25, 0.3) is 0 Å². The average molecular weight is 269 g/mol. The van der Waals surface area contributed by atoms with Gasteiger partial charge in [-0.1, -0.05) is 22.9 Å². The molecule has 0 saturated heterocycles. The van der Waals surface area contributed by atoms with Gasteiger partial charge in [-0.05, 0) is 30.7 Å². The Morgan fingerprint density at radius 1 is 1.47 bits per heavy atom. The third-order valence-electron chi connectivity index (χ3n) is 2.07. The highest BCUT2D eigenvalue weighted by Gasteiger charge is 2.12. The van der Waals surface area contributed by atoms with Crippen molar-refractivity contribution in [3.05, 3.63) is 33.8 Å². The van der Waals surface area contributed by atoms with Crippen LogP contribution >= 0.6 is 22.9 Å². The van der Waals surface area contributed by atoms with Gasteiger partial charge in [0.2, 0.25) is 10.1 Å². The largest absolute Gasteiger partial charge is 0.374 e. The Kier molecular flexibility index (Phi) is 3.26. The van der Waals surface area contributed by atoms with Crippen LogP contribution in [-0.2, 0) is 0 Å². The molecule has 2 rings (SSSR count). The van der Waals surface area contributed by atoms with Crippen molar-refractivity contribution < 1.29 is 4.79 Å². The summed E-state index contributed by atoms with van der Waals surface area (Å²) in [6.45, 7) is 1.86. The minimum absolute atomic E-state index is 0.233. The minimum Gasteiger partial charge on any atom is -0.374 e. The molecule has 0 unspecified atom stereocenters. The second-order valence-corrected chi connectivity index (χ2v) is 4.80. The molecule has 1 amide bonds. The molecular weight excluding hydrogens is 260 g/mol. The number of nitrogens with two attached hydrogens (primary N) is 1. The van der Waals surface area contributed by atoms with E-state index in [2.05, 4.69) is 15.5 Å². The number of amides is 1. The summed E-state index contributed by atoms with van der Waals surface area (Å²) in [7, 11) is 0. The fraction of sp³-hybridized carbons (Fsp3) is 0.100. The first-order chi connectivity index (χ1) is 8.06. The maximum absolute atomic E-state index is 11.8. The molecule has 0 fully saturated rings. The lowest BCUT2D eigenvalue weighted by Gasteiger charge is -2.06. The molecule has 0 aliphatic heterocycles. The minimum atomic E-state index is -0.329. The number of carbonyl (C=O) groups excluding carboxylic acids is 1. The maximum atomic E-state index is 11.8. The van der Waals surface area contributed by atoms with Crippen LogP contribution in [0.2, 0.25) is 5.02 Å². The van der Waals surface area contributed by atoms with Crippen LogP contribution in [0.3, 0.4) is 0 Å². The highest BCUT2D eigenvalue weighted by atomic mass is 35.5. The highest BCUT2D eigenvalue weighted by molar-refractivity contribution is 7.16. The number of anilines is 2. The molecule has 0 aliphatic carbocycles. The number of nitrogen functional groups attached to an aromatic ring is 1.